The van der Waals surface area contributed by atoms with Crippen molar-refractivity contribution in [2.45, 2.75) is 17.4 Å². The van der Waals surface area contributed by atoms with Crippen molar-refractivity contribution in [3.63, 3.8) is 0 Å². The molecule has 0 bridgehead atoms. The molecule has 0 aliphatic carbocycles. The number of sulfonamides is 1. The predicted molar refractivity (Wildman–Crippen MR) is 84.6 cm³/mol. The van der Waals surface area contributed by atoms with Gasteiger partial charge >= 0.3 is 5.97 Å². The largest absolute Gasteiger partial charge is 0.480 e. The normalized spacial score (nSPS) is 12.3. The zero-order valence-electron chi connectivity index (χ0n) is 12.1. The van der Waals surface area contributed by atoms with E-state index in [9.17, 15) is 18.3 Å². The molecule has 0 saturated heterocycles. The highest BCUT2D eigenvalue weighted by Gasteiger charge is 2.25. The maximum atomic E-state index is 12.3. The number of aliphatic carboxylic acids is 1. The Kier molecular flexibility index (Phi) is 5.16. The third-order valence-electron chi connectivity index (χ3n) is 3.19. The molecule has 0 heterocycles. The van der Waals surface area contributed by atoms with Gasteiger partial charge in [0.15, 0.2) is 0 Å². The zero-order valence-corrected chi connectivity index (χ0v) is 12.9. The third kappa shape index (κ3) is 4.42. The van der Waals surface area contributed by atoms with Crippen LogP contribution in [0.2, 0.25) is 0 Å². The Morgan fingerprint density at radius 3 is 2.26 bits per heavy atom. The van der Waals surface area contributed by atoms with E-state index >= 15 is 0 Å². The Bertz CT molecular complexity index is 821. The van der Waals surface area contributed by atoms with Crippen LogP contribution >= 0.6 is 0 Å². The summed E-state index contributed by atoms with van der Waals surface area (Å²) in [5.41, 5.74) is 1.15. The van der Waals surface area contributed by atoms with Gasteiger partial charge in [-0.2, -0.15) is 4.72 Å². The van der Waals surface area contributed by atoms with Crippen LogP contribution in [0.15, 0.2) is 59.5 Å². The van der Waals surface area contributed by atoms with Crippen LogP contribution in [0.4, 0.5) is 0 Å². The first-order chi connectivity index (χ1) is 10.9. The summed E-state index contributed by atoms with van der Waals surface area (Å²) in [7, 11) is -3.97. The minimum absolute atomic E-state index is 0.0434. The molecule has 0 spiro atoms. The van der Waals surface area contributed by atoms with Crippen molar-refractivity contribution in [3.8, 4) is 5.92 Å². The monoisotopic (exact) mass is 328 g/mol. The molecule has 0 aromatic heterocycles. The lowest BCUT2D eigenvalue weighted by Gasteiger charge is -2.15. The van der Waals surface area contributed by atoms with Crippen molar-refractivity contribution >= 4 is 16.0 Å². The van der Waals surface area contributed by atoms with Crippen molar-refractivity contribution in [1.29, 1.82) is 0 Å². The maximum absolute atomic E-state index is 12.3. The second-order valence-electron chi connectivity index (χ2n) is 4.85. The van der Waals surface area contributed by atoms with Crippen LogP contribution < -0.4 is 4.72 Å². The van der Waals surface area contributed by atoms with Crippen molar-refractivity contribution in [1.82, 2.24) is 4.72 Å². The fourth-order valence-corrected chi connectivity index (χ4v) is 3.19. The molecule has 2 aromatic carbocycles. The Balaban J connectivity index is 2.21. The molecule has 5 nitrogen and oxygen atoms in total. The van der Waals surface area contributed by atoms with Crippen LogP contribution in [-0.2, 0) is 21.2 Å². The zero-order chi connectivity index (χ0) is 16.9. The SMILES string of the molecule is [C]#Cc1ccc(S(=O)(=O)N[C@@H](Cc2ccccc2)C(=O)O)cc1. The summed E-state index contributed by atoms with van der Waals surface area (Å²) in [4.78, 5) is 11.3. The second-order valence-corrected chi connectivity index (χ2v) is 6.57. The first-order valence-corrected chi connectivity index (χ1v) is 8.22. The minimum Gasteiger partial charge on any atom is -0.480 e. The van der Waals surface area contributed by atoms with Gasteiger partial charge < -0.3 is 5.11 Å². The third-order valence-corrected chi connectivity index (χ3v) is 4.67. The summed E-state index contributed by atoms with van der Waals surface area (Å²) in [5, 5.41) is 9.27. The topological polar surface area (TPSA) is 83.5 Å². The van der Waals surface area contributed by atoms with Crippen LogP contribution in [0, 0.1) is 12.3 Å². The minimum atomic E-state index is -3.97. The maximum Gasteiger partial charge on any atom is 0.322 e. The van der Waals surface area contributed by atoms with Gasteiger partial charge in [0.2, 0.25) is 10.0 Å². The van der Waals surface area contributed by atoms with Gasteiger partial charge in [0, 0.05) is 5.56 Å². The highest BCUT2D eigenvalue weighted by molar-refractivity contribution is 7.89. The number of carboxylic acid groups (broad SMARTS) is 1. The molecule has 23 heavy (non-hydrogen) atoms. The first-order valence-electron chi connectivity index (χ1n) is 6.74. The quantitative estimate of drug-likeness (QED) is 0.789. The molecule has 1 radical (unpaired) electrons. The number of nitrogens with one attached hydrogen (secondary N) is 1. The molecular weight excluding hydrogens is 314 g/mol. The molecule has 6 heteroatoms. The lowest BCUT2D eigenvalue weighted by molar-refractivity contribution is -0.138. The average Bonchev–Trinajstić information content (AvgIpc) is 2.55. The molecule has 0 amide bonds. The molecule has 117 valence electrons. The van der Waals surface area contributed by atoms with E-state index in [0.29, 0.717) is 5.56 Å². The summed E-state index contributed by atoms with van der Waals surface area (Å²) in [6.45, 7) is 0. The van der Waals surface area contributed by atoms with Crippen molar-refractivity contribution in [3.05, 3.63) is 72.1 Å². The molecule has 2 N–H and O–H groups in total. The van der Waals surface area contributed by atoms with Crippen LogP contribution in [0.25, 0.3) is 0 Å². The summed E-state index contributed by atoms with van der Waals surface area (Å²) in [5.74, 6) is 0.890. The van der Waals surface area contributed by atoms with Crippen LogP contribution in [0.5, 0.6) is 0 Å². The lowest BCUT2D eigenvalue weighted by Crippen LogP contribution is -2.42. The fourth-order valence-electron chi connectivity index (χ4n) is 2.00. The standard InChI is InChI=1S/C17H14NO4S/c1-2-13-8-10-15(11-9-13)23(21,22)18-16(17(19)20)12-14-6-4-3-5-7-14/h3-11,16,18H,12H2,(H,19,20)/t16-/m0/s1. The Morgan fingerprint density at radius 1 is 1.13 bits per heavy atom. The van der Waals surface area contributed by atoms with E-state index in [1.165, 1.54) is 24.3 Å². The fraction of sp³-hybridized carbons (Fsp3) is 0.118. The summed E-state index contributed by atoms with van der Waals surface area (Å²) < 4.78 is 26.8. The molecule has 0 saturated carbocycles. The van der Waals surface area contributed by atoms with Crippen molar-refractivity contribution < 1.29 is 18.3 Å². The molecule has 0 unspecified atom stereocenters. The summed E-state index contributed by atoms with van der Waals surface area (Å²) in [6.07, 6.45) is 7.02. The smallest absolute Gasteiger partial charge is 0.322 e. The van der Waals surface area contributed by atoms with E-state index in [1.807, 2.05) is 0 Å². The van der Waals surface area contributed by atoms with Gasteiger partial charge in [-0.3, -0.25) is 4.79 Å². The highest BCUT2D eigenvalue weighted by atomic mass is 32.2. The first kappa shape index (κ1) is 16.7. The van der Waals surface area contributed by atoms with Gasteiger partial charge in [-0.05, 0) is 42.7 Å². The van der Waals surface area contributed by atoms with E-state index in [-0.39, 0.29) is 11.3 Å². The van der Waals surface area contributed by atoms with Crippen LogP contribution in [0.3, 0.4) is 0 Å². The average molecular weight is 328 g/mol. The van der Waals surface area contributed by atoms with Gasteiger partial charge in [0.05, 0.1) is 4.90 Å². The van der Waals surface area contributed by atoms with Crippen molar-refractivity contribution in [2.75, 3.05) is 0 Å². The molecule has 2 rings (SSSR count). The van der Waals surface area contributed by atoms with Crippen LogP contribution in [-0.4, -0.2) is 25.5 Å². The number of rotatable bonds is 6. The highest BCUT2D eigenvalue weighted by Crippen LogP contribution is 2.12. The van der Waals surface area contributed by atoms with E-state index in [2.05, 4.69) is 10.6 Å². The van der Waals surface area contributed by atoms with Crippen molar-refractivity contribution in [2.24, 2.45) is 0 Å². The number of benzene rings is 2. The molecule has 1 atom stereocenters. The number of hydrogen-bond acceptors (Lipinski definition) is 3. The van der Waals surface area contributed by atoms with Gasteiger partial charge in [-0.1, -0.05) is 36.3 Å². The summed E-state index contributed by atoms with van der Waals surface area (Å²) >= 11 is 0. The van der Waals surface area contributed by atoms with Gasteiger partial charge in [-0.25, -0.2) is 8.42 Å². The molecular formula is C17H14NO4S. The van der Waals surface area contributed by atoms with Crippen LogP contribution in [0.1, 0.15) is 11.1 Å². The number of carboxylic acids is 1. The Labute approximate surface area is 135 Å². The van der Waals surface area contributed by atoms with E-state index in [4.69, 9.17) is 6.42 Å². The van der Waals surface area contributed by atoms with E-state index in [1.54, 1.807) is 30.3 Å². The van der Waals surface area contributed by atoms with E-state index < -0.39 is 22.0 Å². The van der Waals surface area contributed by atoms with Gasteiger partial charge in [0.1, 0.15) is 6.04 Å². The second kappa shape index (κ2) is 7.09. The molecule has 0 aliphatic rings. The Morgan fingerprint density at radius 2 is 1.74 bits per heavy atom. The van der Waals surface area contributed by atoms with Gasteiger partial charge in [0.25, 0.3) is 0 Å². The van der Waals surface area contributed by atoms with Gasteiger partial charge in [-0.15, -0.1) is 0 Å². The predicted octanol–water partition coefficient (Wildman–Crippen LogP) is 1.60. The molecule has 0 aliphatic heterocycles. The molecule has 0 fully saturated rings. The Hall–Kier alpha value is -2.62. The van der Waals surface area contributed by atoms with E-state index in [0.717, 1.165) is 5.56 Å². The lowest BCUT2D eigenvalue weighted by atomic mass is 10.1. The number of carbonyl (C=O) groups is 1. The summed E-state index contributed by atoms with van der Waals surface area (Å²) in [6, 6.07) is 13.0. The molecule has 2 aromatic rings. The number of hydrogen-bond donors (Lipinski definition) is 2.